The Labute approximate surface area is 275 Å². The Bertz CT molecular complexity index is 1650. The third-order valence-corrected chi connectivity index (χ3v) is 11.4. The maximum Gasteiger partial charge on any atom is 0.259 e. The van der Waals surface area contributed by atoms with E-state index in [1.807, 2.05) is 30.1 Å². The Hall–Kier alpha value is -3.89. The third-order valence-electron chi connectivity index (χ3n) is 9.95. The van der Waals surface area contributed by atoms with Gasteiger partial charge in [-0.1, -0.05) is 54.8 Å². The zero-order valence-corrected chi connectivity index (χ0v) is 27.5. The predicted octanol–water partition coefficient (Wildman–Crippen LogP) is 5.50. The summed E-state index contributed by atoms with van der Waals surface area (Å²) in [6.07, 6.45) is 6.90. The van der Waals surface area contributed by atoms with Gasteiger partial charge in [-0.2, -0.15) is 0 Å². The van der Waals surface area contributed by atoms with Crippen LogP contribution in [0.5, 0.6) is 0 Å². The molecule has 0 bridgehead atoms. The maximum atomic E-state index is 13.5. The molecule has 4 aliphatic heterocycles. The van der Waals surface area contributed by atoms with Crippen LogP contribution in [-0.4, -0.2) is 59.7 Å². The molecule has 0 aliphatic carbocycles. The van der Waals surface area contributed by atoms with Crippen molar-refractivity contribution < 1.29 is 19.2 Å². The molecule has 0 saturated carbocycles. The molecule has 3 fully saturated rings. The first-order chi connectivity index (χ1) is 22.2. The number of hydrogen-bond donors (Lipinski definition) is 2. The Kier molecular flexibility index (Phi) is 9.38. The SMILES string of the molecule is CC1(C)CCCCN1SCc1cccc(C2CCN(c3ccc4c5c(cccc35)C(=O)N4C3CCC(=O)NC3=O)CC2)c1.NC=O. The molecule has 242 valence electrons. The van der Waals surface area contributed by atoms with Gasteiger partial charge >= 0.3 is 0 Å². The van der Waals surface area contributed by atoms with Crippen LogP contribution in [0.1, 0.15) is 86.2 Å². The zero-order chi connectivity index (χ0) is 32.4. The van der Waals surface area contributed by atoms with Gasteiger partial charge in [0.2, 0.25) is 18.2 Å². The number of imide groups is 1. The molecule has 0 radical (unpaired) electrons. The minimum Gasteiger partial charge on any atom is -0.372 e. The fourth-order valence-corrected chi connectivity index (χ4v) is 8.71. The molecule has 4 heterocycles. The van der Waals surface area contributed by atoms with Crippen molar-refractivity contribution in [2.75, 3.05) is 29.4 Å². The summed E-state index contributed by atoms with van der Waals surface area (Å²) in [6, 6.07) is 18.6. The molecular formula is C36H43N5O4S. The summed E-state index contributed by atoms with van der Waals surface area (Å²) in [4.78, 5) is 50.6. The molecule has 0 aromatic heterocycles. The summed E-state index contributed by atoms with van der Waals surface area (Å²) in [5, 5.41) is 4.38. The molecule has 7 rings (SSSR count). The molecule has 4 aliphatic rings. The summed E-state index contributed by atoms with van der Waals surface area (Å²) in [5.74, 6) is 0.726. The van der Waals surface area contributed by atoms with Gasteiger partial charge in [0.1, 0.15) is 6.04 Å². The van der Waals surface area contributed by atoms with Crippen LogP contribution in [0, 0.1) is 0 Å². The number of primary amides is 1. The Morgan fingerprint density at radius 2 is 1.70 bits per heavy atom. The van der Waals surface area contributed by atoms with E-state index in [1.54, 1.807) is 4.90 Å². The molecule has 3 saturated heterocycles. The highest BCUT2D eigenvalue weighted by atomic mass is 32.2. The number of nitrogens with one attached hydrogen (secondary N) is 1. The lowest BCUT2D eigenvalue weighted by molar-refractivity contribution is -0.134. The van der Waals surface area contributed by atoms with E-state index < -0.39 is 11.9 Å². The van der Waals surface area contributed by atoms with Crippen molar-refractivity contribution in [2.24, 2.45) is 5.73 Å². The number of nitrogens with two attached hydrogens (primary N) is 1. The van der Waals surface area contributed by atoms with Gasteiger partial charge in [0.25, 0.3) is 5.91 Å². The quantitative estimate of drug-likeness (QED) is 0.207. The Morgan fingerprint density at radius 1 is 0.957 bits per heavy atom. The van der Waals surface area contributed by atoms with Gasteiger partial charge < -0.3 is 10.6 Å². The zero-order valence-electron chi connectivity index (χ0n) is 26.7. The van der Waals surface area contributed by atoms with Crippen molar-refractivity contribution >= 4 is 58.2 Å². The van der Waals surface area contributed by atoms with Gasteiger partial charge in [-0.05, 0) is 81.2 Å². The van der Waals surface area contributed by atoms with Gasteiger partial charge in [-0.3, -0.25) is 29.4 Å². The van der Waals surface area contributed by atoms with Crippen LogP contribution in [0.15, 0.2) is 54.6 Å². The van der Waals surface area contributed by atoms with E-state index in [1.165, 1.54) is 36.9 Å². The van der Waals surface area contributed by atoms with Gasteiger partial charge in [-0.25, -0.2) is 4.31 Å². The molecule has 3 aromatic carbocycles. The van der Waals surface area contributed by atoms with E-state index in [4.69, 9.17) is 4.79 Å². The topological polar surface area (TPSA) is 116 Å². The highest BCUT2D eigenvalue weighted by molar-refractivity contribution is 7.96. The molecule has 9 nitrogen and oxygen atoms in total. The van der Waals surface area contributed by atoms with Crippen LogP contribution in [0.2, 0.25) is 0 Å². The number of nitrogens with zero attached hydrogens (tertiary/aromatic N) is 3. The number of benzene rings is 3. The minimum absolute atomic E-state index is 0.159. The molecule has 0 spiro atoms. The standard InChI is InChI=1S/C35H40N4O3S.CH3NO/c1-35(2)17-3-4-18-38(35)43-22-23-7-5-8-25(21-23)24-15-19-37(20-16-24)28-11-12-29-32-26(28)9-6-10-27(32)34(42)39(29)30-13-14-31(40)36-33(30)41;2-1-3/h5-12,21,24,30H,3-4,13-20,22H2,1-2H3,(H,36,40,41);1H,(H2,2,3). The molecule has 10 heteroatoms. The fourth-order valence-electron chi connectivity index (χ4n) is 7.53. The van der Waals surface area contributed by atoms with Crippen molar-refractivity contribution in [2.45, 2.75) is 82.0 Å². The number of anilines is 2. The molecule has 46 heavy (non-hydrogen) atoms. The van der Waals surface area contributed by atoms with Crippen LogP contribution in [-0.2, 0) is 20.1 Å². The molecule has 3 N–H and O–H groups in total. The van der Waals surface area contributed by atoms with E-state index in [0.29, 0.717) is 17.9 Å². The monoisotopic (exact) mass is 641 g/mol. The van der Waals surface area contributed by atoms with Crippen molar-refractivity contribution in [3.63, 3.8) is 0 Å². The first-order valence-corrected chi connectivity index (χ1v) is 17.3. The summed E-state index contributed by atoms with van der Waals surface area (Å²) < 4.78 is 2.59. The van der Waals surface area contributed by atoms with Crippen LogP contribution in [0.4, 0.5) is 11.4 Å². The van der Waals surface area contributed by atoms with Crippen molar-refractivity contribution in [3.05, 3.63) is 71.3 Å². The predicted molar refractivity (Wildman–Crippen MR) is 184 cm³/mol. The number of piperidine rings is 3. The van der Waals surface area contributed by atoms with E-state index in [9.17, 15) is 14.4 Å². The lowest BCUT2D eigenvalue weighted by Crippen LogP contribution is -2.53. The van der Waals surface area contributed by atoms with E-state index in [2.05, 4.69) is 70.5 Å². The van der Waals surface area contributed by atoms with E-state index >= 15 is 0 Å². The second kappa shape index (κ2) is 13.5. The summed E-state index contributed by atoms with van der Waals surface area (Å²) in [6.45, 7) is 7.83. The van der Waals surface area contributed by atoms with Crippen molar-refractivity contribution in [1.29, 1.82) is 0 Å². The number of carbonyl (C=O) groups excluding carboxylic acids is 4. The smallest absolute Gasteiger partial charge is 0.259 e. The highest BCUT2D eigenvalue weighted by Gasteiger charge is 2.41. The molecule has 4 amide bonds. The fraction of sp³-hybridized carbons (Fsp3) is 0.444. The Morgan fingerprint density at radius 3 is 2.43 bits per heavy atom. The minimum atomic E-state index is -0.664. The van der Waals surface area contributed by atoms with E-state index in [0.717, 1.165) is 53.8 Å². The van der Waals surface area contributed by atoms with Crippen LogP contribution >= 0.6 is 11.9 Å². The Balaban J connectivity index is 0.00000119. The highest BCUT2D eigenvalue weighted by Crippen LogP contribution is 2.44. The van der Waals surface area contributed by atoms with Crippen LogP contribution in [0.3, 0.4) is 0 Å². The van der Waals surface area contributed by atoms with Crippen molar-refractivity contribution in [3.8, 4) is 0 Å². The lowest BCUT2D eigenvalue weighted by atomic mass is 9.88. The normalized spacial score (nSPS) is 21.6. The van der Waals surface area contributed by atoms with E-state index in [-0.39, 0.29) is 30.2 Å². The maximum absolute atomic E-state index is 13.5. The number of carbonyl (C=O) groups is 4. The number of hydrogen-bond acceptors (Lipinski definition) is 7. The first-order valence-electron chi connectivity index (χ1n) is 16.3. The van der Waals surface area contributed by atoms with Gasteiger partial charge in [0.15, 0.2) is 0 Å². The third kappa shape index (κ3) is 6.25. The number of amides is 4. The average Bonchev–Trinajstić information content (AvgIpc) is 3.33. The summed E-state index contributed by atoms with van der Waals surface area (Å²) >= 11 is 1.99. The average molecular weight is 642 g/mol. The van der Waals surface area contributed by atoms with Gasteiger partial charge in [0, 0.05) is 59.4 Å². The first kappa shape index (κ1) is 32.1. The van der Waals surface area contributed by atoms with Gasteiger partial charge in [-0.15, -0.1) is 0 Å². The molecule has 1 atom stereocenters. The molecular weight excluding hydrogens is 598 g/mol. The van der Waals surface area contributed by atoms with Gasteiger partial charge in [0.05, 0.1) is 5.69 Å². The summed E-state index contributed by atoms with van der Waals surface area (Å²) in [7, 11) is 0. The second-order valence-corrected chi connectivity index (χ2v) is 14.2. The largest absolute Gasteiger partial charge is 0.372 e. The summed E-state index contributed by atoms with van der Waals surface area (Å²) in [5.41, 5.74) is 9.84. The molecule has 3 aromatic rings. The van der Waals surface area contributed by atoms with Crippen LogP contribution in [0.25, 0.3) is 10.8 Å². The molecule has 1 unspecified atom stereocenters. The van der Waals surface area contributed by atoms with Crippen LogP contribution < -0.4 is 20.9 Å². The van der Waals surface area contributed by atoms with Crippen molar-refractivity contribution in [1.82, 2.24) is 9.62 Å². The number of rotatable bonds is 6. The second-order valence-electron chi connectivity index (χ2n) is 13.3. The lowest BCUT2D eigenvalue weighted by Gasteiger charge is -2.41.